The number of carbonyl (C=O) groups is 1. The Kier molecular flexibility index (Phi) is 4.11. The number of hydrogen-bond donors (Lipinski definition) is 1. The van der Waals surface area contributed by atoms with Crippen molar-refractivity contribution in [2.75, 3.05) is 4.90 Å². The summed E-state index contributed by atoms with van der Waals surface area (Å²) in [6.07, 6.45) is -1.39. The monoisotopic (exact) mass is 295 g/mol. The van der Waals surface area contributed by atoms with Crippen LogP contribution in [0.2, 0.25) is 0 Å². The Morgan fingerprint density at radius 3 is 2.14 bits per heavy atom. The van der Waals surface area contributed by atoms with E-state index in [-0.39, 0.29) is 6.54 Å². The molecule has 0 radical (unpaired) electrons. The number of alkyl halides is 3. The summed E-state index contributed by atoms with van der Waals surface area (Å²) < 4.78 is 37.5. The summed E-state index contributed by atoms with van der Waals surface area (Å²) in [7, 11) is 0. The first-order valence-corrected chi connectivity index (χ1v) is 6.01. The first-order chi connectivity index (χ1) is 9.88. The fraction of sp³-hybridized carbons (Fsp3) is 0.143. The van der Waals surface area contributed by atoms with E-state index in [0.29, 0.717) is 11.3 Å². The van der Waals surface area contributed by atoms with E-state index in [0.717, 1.165) is 12.1 Å². The fourth-order valence-electron chi connectivity index (χ4n) is 1.80. The Balaban J connectivity index is 2.20. The van der Waals surface area contributed by atoms with Gasteiger partial charge in [0.1, 0.15) is 0 Å². The number of halogens is 3. The second kappa shape index (κ2) is 5.82. The molecule has 2 amide bonds. The molecule has 0 bridgehead atoms. The highest BCUT2D eigenvalue weighted by Crippen LogP contribution is 2.29. The van der Waals surface area contributed by atoms with Gasteiger partial charge in [0.15, 0.2) is 0 Å². The lowest BCUT2D eigenvalue weighted by Crippen LogP contribution is -2.35. The number of rotatable bonds is 3. The number of carbonyl (C=O) groups excluding carboxylic acids is 1. The summed E-state index contributed by atoms with van der Waals surface area (Å²) in [5.41, 5.74) is 5.63. The average Bonchev–Trinajstić information content (AvgIpc) is 2.45. The van der Waals surface area contributed by atoms with Gasteiger partial charge in [-0.2, -0.15) is 13.2 Å². The van der Waals surface area contributed by atoms with Crippen molar-refractivity contribution in [3.63, 3.8) is 0 Å². The van der Waals surface area contributed by atoms with Crippen molar-refractivity contribution in [1.82, 2.24) is 4.98 Å². The highest BCUT2D eigenvalue weighted by Gasteiger charge is 2.30. The maximum absolute atomic E-state index is 12.5. The topological polar surface area (TPSA) is 59.2 Å². The van der Waals surface area contributed by atoms with Crippen LogP contribution in [0.3, 0.4) is 0 Å². The Bertz CT molecular complexity index is 612. The van der Waals surface area contributed by atoms with Gasteiger partial charge in [0.05, 0.1) is 12.1 Å². The summed E-state index contributed by atoms with van der Waals surface area (Å²) in [6, 6.07) is 7.08. The molecule has 4 nitrogen and oxygen atoms in total. The molecule has 0 unspecified atom stereocenters. The van der Waals surface area contributed by atoms with Crippen LogP contribution in [0.5, 0.6) is 0 Å². The van der Waals surface area contributed by atoms with Crippen molar-refractivity contribution in [1.29, 1.82) is 0 Å². The second-order valence-corrected chi connectivity index (χ2v) is 4.32. The molecule has 7 heteroatoms. The van der Waals surface area contributed by atoms with Crippen molar-refractivity contribution in [3.8, 4) is 0 Å². The van der Waals surface area contributed by atoms with E-state index in [1.165, 1.54) is 29.4 Å². The quantitative estimate of drug-likeness (QED) is 0.945. The molecule has 21 heavy (non-hydrogen) atoms. The fourth-order valence-corrected chi connectivity index (χ4v) is 1.80. The molecule has 0 saturated carbocycles. The minimum absolute atomic E-state index is 0.0808. The van der Waals surface area contributed by atoms with Gasteiger partial charge in [-0.25, -0.2) is 4.79 Å². The second-order valence-electron chi connectivity index (χ2n) is 4.32. The minimum Gasteiger partial charge on any atom is -0.351 e. The molecule has 1 aromatic carbocycles. The maximum Gasteiger partial charge on any atom is 0.416 e. The molecule has 1 aromatic heterocycles. The van der Waals surface area contributed by atoms with E-state index in [9.17, 15) is 18.0 Å². The Hall–Kier alpha value is -2.57. The summed E-state index contributed by atoms with van der Waals surface area (Å²) >= 11 is 0. The lowest BCUT2D eigenvalue weighted by Gasteiger charge is -2.20. The standard InChI is InChI=1S/C14H12F3N3O/c15-14(16,17)11-3-1-10(2-4-11)9-20(13(18)21)12-5-7-19-8-6-12/h1-8H,9H2,(H2,18,21). The zero-order chi connectivity index (χ0) is 15.5. The van der Waals surface area contributed by atoms with Crippen LogP contribution in [0, 0.1) is 0 Å². The number of anilines is 1. The molecule has 0 saturated heterocycles. The number of primary amides is 1. The van der Waals surface area contributed by atoms with Crippen molar-refractivity contribution in [2.24, 2.45) is 5.73 Å². The van der Waals surface area contributed by atoms with E-state index in [1.54, 1.807) is 12.1 Å². The van der Waals surface area contributed by atoms with E-state index in [2.05, 4.69) is 4.98 Å². The van der Waals surface area contributed by atoms with E-state index >= 15 is 0 Å². The first-order valence-electron chi connectivity index (χ1n) is 6.01. The molecule has 2 N–H and O–H groups in total. The number of urea groups is 1. The third-order valence-corrected chi connectivity index (χ3v) is 2.86. The summed E-state index contributed by atoms with van der Waals surface area (Å²) in [5.74, 6) is 0. The number of amides is 2. The SMILES string of the molecule is NC(=O)N(Cc1ccc(C(F)(F)F)cc1)c1ccncc1. The number of aromatic nitrogens is 1. The highest BCUT2D eigenvalue weighted by molar-refractivity contribution is 5.90. The first kappa shape index (κ1) is 14.8. The smallest absolute Gasteiger partial charge is 0.351 e. The van der Waals surface area contributed by atoms with Crippen LogP contribution in [-0.4, -0.2) is 11.0 Å². The number of nitrogens with zero attached hydrogens (tertiary/aromatic N) is 2. The molecule has 0 fully saturated rings. The van der Waals surface area contributed by atoms with Crippen LogP contribution in [0.25, 0.3) is 0 Å². The molecular formula is C14H12F3N3O. The third-order valence-electron chi connectivity index (χ3n) is 2.86. The van der Waals surface area contributed by atoms with Crippen molar-refractivity contribution >= 4 is 11.7 Å². The lowest BCUT2D eigenvalue weighted by molar-refractivity contribution is -0.137. The Labute approximate surface area is 119 Å². The average molecular weight is 295 g/mol. The van der Waals surface area contributed by atoms with Gasteiger partial charge in [0.25, 0.3) is 0 Å². The molecule has 1 heterocycles. The highest BCUT2D eigenvalue weighted by atomic mass is 19.4. The zero-order valence-electron chi connectivity index (χ0n) is 10.8. The van der Waals surface area contributed by atoms with Gasteiger partial charge in [-0.05, 0) is 29.8 Å². The van der Waals surface area contributed by atoms with Crippen LogP contribution in [-0.2, 0) is 12.7 Å². The Morgan fingerprint density at radius 1 is 1.10 bits per heavy atom. The van der Waals surface area contributed by atoms with E-state index in [4.69, 9.17) is 5.73 Å². The predicted octanol–water partition coefficient (Wildman–Crippen LogP) is 3.19. The molecule has 0 aliphatic heterocycles. The molecule has 0 aliphatic carbocycles. The van der Waals surface area contributed by atoms with Gasteiger partial charge in [0.2, 0.25) is 0 Å². The number of hydrogen-bond acceptors (Lipinski definition) is 2. The van der Waals surface area contributed by atoms with Gasteiger partial charge in [-0.1, -0.05) is 12.1 Å². The summed E-state index contributed by atoms with van der Waals surface area (Å²) in [5, 5.41) is 0. The third kappa shape index (κ3) is 3.71. The lowest BCUT2D eigenvalue weighted by atomic mass is 10.1. The van der Waals surface area contributed by atoms with Gasteiger partial charge in [-0.15, -0.1) is 0 Å². The minimum atomic E-state index is -4.38. The molecule has 0 spiro atoms. The maximum atomic E-state index is 12.5. The van der Waals surface area contributed by atoms with Crippen LogP contribution in [0.4, 0.5) is 23.7 Å². The predicted molar refractivity (Wildman–Crippen MR) is 71.4 cm³/mol. The van der Waals surface area contributed by atoms with E-state index < -0.39 is 17.8 Å². The number of pyridine rings is 1. The van der Waals surface area contributed by atoms with Crippen molar-refractivity contribution in [2.45, 2.75) is 12.7 Å². The largest absolute Gasteiger partial charge is 0.416 e. The zero-order valence-corrected chi connectivity index (χ0v) is 10.8. The van der Waals surface area contributed by atoms with Crippen molar-refractivity contribution < 1.29 is 18.0 Å². The van der Waals surface area contributed by atoms with Crippen LogP contribution in [0.1, 0.15) is 11.1 Å². The van der Waals surface area contributed by atoms with Gasteiger partial charge in [0, 0.05) is 18.1 Å². The number of nitrogens with two attached hydrogens (primary N) is 1. The van der Waals surface area contributed by atoms with Gasteiger partial charge >= 0.3 is 12.2 Å². The van der Waals surface area contributed by atoms with Crippen LogP contribution >= 0.6 is 0 Å². The summed E-state index contributed by atoms with van der Waals surface area (Å²) in [6.45, 7) is 0.0808. The molecule has 0 aliphatic rings. The number of benzene rings is 1. The van der Waals surface area contributed by atoms with Crippen LogP contribution < -0.4 is 10.6 Å². The Morgan fingerprint density at radius 2 is 1.67 bits per heavy atom. The van der Waals surface area contributed by atoms with Crippen LogP contribution in [0.15, 0.2) is 48.8 Å². The van der Waals surface area contributed by atoms with E-state index in [1.807, 2.05) is 0 Å². The molecule has 110 valence electrons. The molecular weight excluding hydrogens is 283 g/mol. The summed E-state index contributed by atoms with van der Waals surface area (Å²) in [4.78, 5) is 16.6. The normalized spacial score (nSPS) is 11.2. The van der Waals surface area contributed by atoms with Crippen molar-refractivity contribution in [3.05, 3.63) is 59.9 Å². The molecule has 2 aromatic rings. The molecule has 0 atom stereocenters. The van der Waals surface area contributed by atoms with Gasteiger partial charge < -0.3 is 5.73 Å². The van der Waals surface area contributed by atoms with Gasteiger partial charge in [-0.3, -0.25) is 9.88 Å². The molecule has 2 rings (SSSR count).